The van der Waals surface area contributed by atoms with Gasteiger partial charge in [0, 0.05) is 17.1 Å². The number of nitrogens with zero attached hydrogens (tertiary/aromatic N) is 1. The van der Waals surface area contributed by atoms with Crippen LogP contribution in [-0.4, -0.2) is 18.8 Å². The van der Waals surface area contributed by atoms with E-state index < -0.39 is 0 Å². The van der Waals surface area contributed by atoms with Gasteiger partial charge < -0.3 is 9.73 Å². The zero-order valence-corrected chi connectivity index (χ0v) is 12.2. The number of halogens is 1. The number of aryl methyl sites for hydroxylation is 1. The van der Waals surface area contributed by atoms with Crippen LogP contribution in [0, 0.1) is 6.92 Å². The fourth-order valence-corrected chi connectivity index (χ4v) is 2.19. The molecular formula is C14H13BrN2O2. The number of rotatable bonds is 2. The third-order valence-electron chi connectivity index (χ3n) is 2.64. The summed E-state index contributed by atoms with van der Waals surface area (Å²) in [6.07, 6.45) is 1.46. The molecule has 0 unspecified atom stereocenters. The predicted octanol–water partition coefficient (Wildman–Crippen LogP) is 3.16. The summed E-state index contributed by atoms with van der Waals surface area (Å²) in [5.74, 6) is 0.468. The lowest BCUT2D eigenvalue weighted by Gasteiger charge is -2.10. The molecule has 1 aromatic heterocycles. The first kappa shape index (κ1) is 13.5. The molecule has 0 saturated carbocycles. The summed E-state index contributed by atoms with van der Waals surface area (Å²) in [5, 5.41) is 2.75. The van der Waals surface area contributed by atoms with Gasteiger partial charge in [-0.2, -0.15) is 0 Å². The maximum absolute atomic E-state index is 11.9. The van der Waals surface area contributed by atoms with Crippen molar-refractivity contribution in [3.8, 4) is 0 Å². The number of hydrogen-bond acceptors (Lipinski definition) is 3. The van der Waals surface area contributed by atoms with E-state index >= 15 is 0 Å². The molecular weight excluding hydrogens is 308 g/mol. The summed E-state index contributed by atoms with van der Waals surface area (Å²) in [6, 6.07) is 9.07. The Hall–Kier alpha value is -1.88. The molecule has 1 N–H and O–H groups in total. The predicted molar refractivity (Wildman–Crippen MR) is 77.5 cm³/mol. The largest absolute Gasteiger partial charge is 0.459 e. The molecule has 5 heteroatoms. The highest BCUT2D eigenvalue weighted by molar-refractivity contribution is 9.10. The van der Waals surface area contributed by atoms with Gasteiger partial charge in [0.2, 0.25) is 0 Å². The number of carbonyl (C=O) groups is 1. The fourth-order valence-electron chi connectivity index (χ4n) is 1.71. The molecule has 98 valence electrons. The first-order valence-electron chi connectivity index (χ1n) is 5.70. The maximum atomic E-state index is 11.9. The molecule has 0 atom stereocenters. The van der Waals surface area contributed by atoms with Crippen LogP contribution in [0.2, 0.25) is 0 Å². The molecule has 1 amide bonds. The number of aliphatic imine (C=N–C) groups is 1. The van der Waals surface area contributed by atoms with Gasteiger partial charge in [-0.15, -0.1) is 0 Å². The number of amides is 1. The van der Waals surface area contributed by atoms with Gasteiger partial charge in [-0.3, -0.25) is 9.79 Å². The minimum atomic E-state index is -0.312. The van der Waals surface area contributed by atoms with Gasteiger partial charge in [0.1, 0.15) is 5.84 Å². The third-order valence-corrected chi connectivity index (χ3v) is 3.14. The minimum absolute atomic E-state index is 0.260. The van der Waals surface area contributed by atoms with Crippen LogP contribution in [0.3, 0.4) is 0 Å². The Balaban J connectivity index is 2.24. The van der Waals surface area contributed by atoms with Crippen molar-refractivity contribution in [1.82, 2.24) is 5.32 Å². The van der Waals surface area contributed by atoms with E-state index in [1.54, 1.807) is 19.2 Å². The van der Waals surface area contributed by atoms with E-state index in [9.17, 15) is 4.79 Å². The van der Waals surface area contributed by atoms with Crippen molar-refractivity contribution in [1.29, 1.82) is 0 Å². The number of carbonyl (C=O) groups excluding carboxylic acids is 1. The van der Waals surface area contributed by atoms with Crippen LogP contribution in [0.5, 0.6) is 0 Å². The van der Waals surface area contributed by atoms with E-state index in [2.05, 4.69) is 26.2 Å². The molecule has 0 aliphatic rings. The topological polar surface area (TPSA) is 54.6 Å². The highest BCUT2D eigenvalue weighted by Crippen LogP contribution is 2.16. The average molecular weight is 321 g/mol. The Labute approximate surface area is 119 Å². The van der Waals surface area contributed by atoms with Crippen LogP contribution in [-0.2, 0) is 0 Å². The molecule has 4 nitrogen and oxygen atoms in total. The fraction of sp³-hybridized carbons (Fsp3) is 0.143. The number of nitrogens with one attached hydrogen (secondary N) is 1. The third kappa shape index (κ3) is 3.12. The molecule has 0 radical (unpaired) electrons. The van der Waals surface area contributed by atoms with Gasteiger partial charge in [-0.05, 0) is 42.8 Å². The first-order chi connectivity index (χ1) is 9.11. The molecule has 0 fully saturated rings. The lowest BCUT2D eigenvalue weighted by Crippen LogP contribution is -2.31. The molecule has 0 saturated heterocycles. The van der Waals surface area contributed by atoms with Crippen molar-refractivity contribution in [2.45, 2.75) is 6.92 Å². The SMILES string of the molecule is C/N=C(\NC(=O)c1ccco1)c1ccc(Br)cc1C. The molecule has 1 heterocycles. The maximum Gasteiger partial charge on any atom is 0.292 e. The molecule has 1 aromatic carbocycles. The normalized spacial score (nSPS) is 11.4. The minimum Gasteiger partial charge on any atom is -0.459 e. The number of hydrogen-bond donors (Lipinski definition) is 1. The lowest BCUT2D eigenvalue weighted by atomic mass is 10.1. The standard InChI is InChI=1S/C14H13BrN2O2/c1-9-8-10(15)5-6-11(9)13(16-2)17-14(18)12-4-3-7-19-12/h3-8H,1-2H3,(H,16,17,18). The highest BCUT2D eigenvalue weighted by Gasteiger charge is 2.13. The van der Waals surface area contributed by atoms with E-state index in [1.807, 2.05) is 25.1 Å². The van der Waals surface area contributed by atoms with Crippen LogP contribution in [0.4, 0.5) is 0 Å². The number of furan rings is 1. The van der Waals surface area contributed by atoms with Crippen molar-refractivity contribution in [2.24, 2.45) is 4.99 Å². The van der Waals surface area contributed by atoms with Crippen LogP contribution in [0.1, 0.15) is 21.7 Å². The summed E-state index contributed by atoms with van der Waals surface area (Å²) in [4.78, 5) is 16.1. The van der Waals surface area contributed by atoms with Crippen LogP contribution < -0.4 is 5.32 Å². The Morgan fingerprint density at radius 1 is 1.37 bits per heavy atom. The second-order valence-electron chi connectivity index (χ2n) is 3.96. The summed E-state index contributed by atoms with van der Waals surface area (Å²) in [5.41, 5.74) is 1.90. The van der Waals surface area contributed by atoms with E-state index in [0.717, 1.165) is 15.6 Å². The second kappa shape index (κ2) is 5.84. The molecule has 2 aromatic rings. The van der Waals surface area contributed by atoms with Gasteiger partial charge >= 0.3 is 0 Å². The van der Waals surface area contributed by atoms with Gasteiger partial charge in [0.15, 0.2) is 5.76 Å². The van der Waals surface area contributed by atoms with Gasteiger partial charge in [-0.1, -0.05) is 15.9 Å². The Morgan fingerprint density at radius 2 is 2.16 bits per heavy atom. The molecule has 0 spiro atoms. The van der Waals surface area contributed by atoms with Crippen LogP contribution in [0.25, 0.3) is 0 Å². The summed E-state index contributed by atoms with van der Waals surface area (Å²) in [6.45, 7) is 1.96. The summed E-state index contributed by atoms with van der Waals surface area (Å²) in [7, 11) is 1.64. The smallest absolute Gasteiger partial charge is 0.292 e. The Bertz CT molecular complexity index is 618. The molecule has 0 aliphatic carbocycles. The monoisotopic (exact) mass is 320 g/mol. The first-order valence-corrected chi connectivity index (χ1v) is 6.49. The van der Waals surface area contributed by atoms with E-state index in [-0.39, 0.29) is 11.7 Å². The van der Waals surface area contributed by atoms with Gasteiger partial charge in [0.05, 0.1) is 6.26 Å². The second-order valence-corrected chi connectivity index (χ2v) is 4.88. The van der Waals surface area contributed by atoms with E-state index in [4.69, 9.17) is 4.42 Å². The number of amidine groups is 1. The molecule has 19 heavy (non-hydrogen) atoms. The Morgan fingerprint density at radius 3 is 2.74 bits per heavy atom. The van der Waals surface area contributed by atoms with Gasteiger partial charge in [-0.25, -0.2) is 0 Å². The molecule has 0 bridgehead atoms. The average Bonchev–Trinajstić information content (AvgIpc) is 2.90. The quantitative estimate of drug-likeness (QED) is 0.682. The number of benzene rings is 1. The zero-order chi connectivity index (χ0) is 13.8. The highest BCUT2D eigenvalue weighted by atomic mass is 79.9. The van der Waals surface area contributed by atoms with Gasteiger partial charge in [0.25, 0.3) is 5.91 Å². The summed E-state index contributed by atoms with van der Waals surface area (Å²) >= 11 is 3.41. The Kier molecular flexibility index (Phi) is 4.16. The van der Waals surface area contributed by atoms with E-state index in [1.165, 1.54) is 6.26 Å². The van der Waals surface area contributed by atoms with Crippen molar-refractivity contribution >= 4 is 27.7 Å². The molecule has 0 aliphatic heterocycles. The van der Waals surface area contributed by atoms with Crippen LogP contribution in [0.15, 0.2) is 50.5 Å². The van der Waals surface area contributed by atoms with Crippen molar-refractivity contribution in [3.05, 3.63) is 58.0 Å². The zero-order valence-electron chi connectivity index (χ0n) is 10.6. The van der Waals surface area contributed by atoms with Crippen molar-refractivity contribution < 1.29 is 9.21 Å². The molecule has 2 rings (SSSR count). The van der Waals surface area contributed by atoms with Crippen molar-refractivity contribution in [3.63, 3.8) is 0 Å². The van der Waals surface area contributed by atoms with Crippen molar-refractivity contribution in [2.75, 3.05) is 7.05 Å². The van der Waals surface area contributed by atoms with Crippen LogP contribution >= 0.6 is 15.9 Å². The summed E-state index contributed by atoms with van der Waals surface area (Å²) < 4.78 is 6.04. The lowest BCUT2D eigenvalue weighted by molar-refractivity contribution is 0.0950. The van der Waals surface area contributed by atoms with E-state index in [0.29, 0.717) is 5.84 Å².